The lowest BCUT2D eigenvalue weighted by Gasteiger charge is -2.32. The van der Waals surface area contributed by atoms with Gasteiger partial charge in [0, 0.05) is 22.1 Å². The Balaban J connectivity index is 2.05. The molecule has 132 valence electrons. The lowest BCUT2D eigenvalue weighted by atomic mass is 10.0. The molecule has 2 heterocycles. The molecule has 0 saturated heterocycles. The molecule has 0 unspecified atom stereocenters. The maximum atomic E-state index is 14.2. The van der Waals surface area contributed by atoms with E-state index in [1.807, 2.05) is 23.1 Å². The van der Waals surface area contributed by atoms with Gasteiger partial charge in [-0.3, -0.25) is 15.4 Å². The van der Waals surface area contributed by atoms with Crippen LogP contribution in [0, 0.1) is 16.6 Å². The molecule has 3 aromatic rings. The summed E-state index contributed by atoms with van der Waals surface area (Å²) in [5.41, 5.74) is 8.24. The number of hydrogen-bond donors (Lipinski definition) is 3. The lowest BCUT2D eigenvalue weighted by Crippen LogP contribution is -2.31. The molecule has 0 spiro atoms. The summed E-state index contributed by atoms with van der Waals surface area (Å²) in [7, 11) is 0. The highest BCUT2D eigenvalue weighted by Gasteiger charge is 2.24. The van der Waals surface area contributed by atoms with Crippen LogP contribution in [0.5, 0.6) is 0 Å². The van der Waals surface area contributed by atoms with Gasteiger partial charge in [-0.1, -0.05) is 22.0 Å². The molecule has 2 aromatic carbocycles. The van der Waals surface area contributed by atoms with Crippen molar-refractivity contribution in [3.05, 3.63) is 51.8 Å². The third-order valence-corrected chi connectivity index (χ3v) is 5.38. The van der Waals surface area contributed by atoms with Crippen LogP contribution >= 0.6 is 15.9 Å². The fourth-order valence-electron chi connectivity index (χ4n) is 3.42. The summed E-state index contributed by atoms with van der Waals surface area (Å²) in [6.45, 7) is 0.714. The molecule has 26 heavy (non-hydrogen) atoms. The van der Waals surface area contributed by atoms with Crippen LogP contribution < -0.4 is 16.3 Å². The summed E-state index contributed by atoms with van der Waals surface area (Å²) in [6, 6.07) is 8.73. The summed E-state index contributed by atoms with van der Waals surface area (Å²) < 4.78 is 16.5. The molecule has 4 rings (SSSR count). The number of nitrogen functional groups attached to an aromatic ring is 1. The van der Waals surface area contributed by atoms with Crippen molar-refractivity contribution in [2.24, 2.45) is 0 Å². The van der Waals surface area contributed by atoms with E-state index in [0.717, 1.165) is 29.3 Å². The van der Waals surface area contributed by atoms with Gasteiger partial charge in [-0.2, -0.15) is 4.98 Å². The molecule has 0 amide bonds. The van der Waals surface area contributed by atoms with Gasteiger partial charge in [0.05, 0.1) is 17.5 Å². The third kappa shape index (κ3) is 2.48. The van der Waals surface area contributed by atoms with Crippen molar-refractivity contribution in [1.29, 1.82) is 10.8 Å². The van der Waals surface area contributed by atoms with Crippen LogP contribution in [-0.2, 0) is 6.42 Å². The first-order valence-electron chi connectivity index (χ1n) is 8.12. The number of anilines is 3. The van der Waals surface area contributed by atoms with Gasteiger partial charge in [-0.15, -0.1) is 0 Å². The molecule has 1 aliphatic rings. The Hall–Kier alpha value is -2.74. The first-order chi connectivity index (χ1) is 12.5. The van der Waals surface area contributed by atoms with Crippen molar-refractivity contribution in [3.63, 3.8) is 0 Å². The zero-order valence-electron chi connectivity index (χ0n) is 13.8. The zero-order chi connectivity index (χ0) is 18.4. The first-order valence-corrected chi connectivity index (χ1v) is 8.92. The quantitative estimate of drug-likeness (QED) is 0.340. The van der Waals surface area contributed by atoms with E-state index in [0.29, 0.717) is 23.3 Å². The Kier molecular flexibility index (Phi) is 3.99. The standard InChI is InChI=1S/C18H16BrFN6/c19-12-4-1-5-15-10(12)3-2-6-25(15)17-11-7-13(20)14(22)8-16(11)26(9-21)18(23)24-17/h1,4-5,7-9,21,23H,2-3,6,22H2. The van der Waals surface area contributed by atoms with Crippen LogP contribution in [0.3, 0.4) is 0 Å². The molecule has 1 aliphatic heterocycles. The van der Waals surface area contributed by atoms with Crippen LogP contribution in [0.1, 0.15) is 12.0 Å². The van der Waals surface area contributed by atoms with E-state index < -0.39 is 5.82 Å². The minimum Gasteiger partial charge on any atom is -0.396 e. The van der Waals surface area contributed by atoms with E-state index >= 15 is 0 Å². The van der Waals surface area contributed by atoms with E-state index in [4.69, 9.17) is 16.6 Å². The predicted molar refractivity (Wildman–Crippen MR) is 104 cm³/mol. The average Bonchev–Trinajstić information content (AvgIpc) is 2.63. The van der Waals surface area contributed by atoms with Gasteiger partial charge in [0.15, 0.2) is 0 Å². The van der Waals surface area contributed by atoms with E-state index in [1.165, 1.54) is 22.3 Å². The molecule has 6 nitrogen and oxygen atoms in total. The topological polar surface area (TPSA) is 94.8 Å². The Labute approximate surface area is 157 Å². The molecule has 0 radical (unpaired) electrons. The summed E-state index contributed by atoms with van der Waals surface area (Å²) in [5, 5.41) is 16.3. The van der Waals surface area contributed by atoms with E-state index in [1.54, 1.807) is 0 Å². The summed E-state index contributed by atoms with van der Waals surface area (Å²) in [5.74, 6) is -0.0395. The van der Waals surface area contributed by atoms with Crippen molar-refractivity contribution in [3.8, 4) is 0 Å². The van der Waals surface area contributed by atoms with Crippen molar-refractivity contribution in [2.45, 2.75) is 12.8 Å². The second-order valence-electron chi connectivity index (χ2n) is 6.14. The van der Waals surface area contributed by atoms with Crippen LogP contribution in [0.25, 0.3) is 10.9 Å². The number of nitrogens with zero attached hydrogens (tertiary/aromatic N) is 3. The maximum absolute atomic E-state index is 14.2. The average molecular weight is 415 g/mol. The number of hydrogen-bond acceptors (Lipinski definition) is 5. The van der Waals surface area contributed by atoms with Crippen molar-refractivity contribution in [2.75, 3.05) is 17.2 Å². The normalized spacial score (nSPS) is 13.7. The Morgan fingerprint density at radius 1 is 1.31 bits per heavy atom. The minimum atomic E-state index is -0.540. The van der Waals surface area contributed by atoms with E-state index in [-0.39, 0.29) is 11.3 Å². The third-order valence-electron chi connectivity index (χ3n) is 4.63. The second kappa shape index (κ2) is 6.21. The van der Waals surface area contributed by atoms with Crippen molar-refractivity contribution >= 4 is 50.4 Å². The van der Waals surface area contributed by atoms with Gasteiger partial charge in [-0.05, 0) is 42.7 Å². The smallest absolute Gasteiger partial charge is 0.229 e. The number of halogens is 2. The van der Waals surface area contributed by atoms with Crippen LogP contribution in [0.2, 0.25) is 0 Å². The molecule has 0 fully saturated rings. The molecule has 0 atom stereocenters. The van der Waals surface area contributed by atoms with Gasteiger partial charge >= 0.3 is 0 Å². The van der Waals surface area contributed by atoms with Crippen molar-refractivity contribution < 1.29 is 4.39 Å². The summed E-state index contributed by atoms with van der Waals surface area (Å²) in [4.78, 5) is 6.38. The van der Waals surface area contributed by atoms with Crippen LogP contribution in [0.4, 0.5) is 21.6 Å². The zero-order valence-corrected chi connectivity index (χ0v) is 15.3. The number of nitrogens with two attached hydrogens (primary N) is 1. The number of nitrogens with one attached hydrogen (secondary N) is 2. The predicted octanol–water partition coefficient (Wildman–Crippen LogP) is 3.54. The number of fused-ring (bicyclic) bond motifs is 2. The van der Waals surface area contributed by atoms with Crippen LogP contribution in [-0.4, -0.2) is 22.4 Å². The van der Waals surface area contributed by atoms with E-state index in [2.05, 4.69) is 20.9 Å². The highest BCUT2D eigenvalue weighted by Crippen LogP contribution is 2.38. The van der Waals surface area contributed by atoms with Gasteiger partial charge in [-0.25, -0.2) is 4.39 Å². The molecule has 8 heteroatoms. The lowest BCUT2D eigenvalue weighted by molar-refractivity contribution is 0.634. The number of benzene rings is 2. The van der Waals surface area contributed by atoms with E-state index in [9.17, 15) is 4.39 Å². The van der Waals surface area contributed by atoms with Gasteiger partial charge in [0.25, 0.3) is 0 Å². The first kappa shape index (κ1) is 16.7. The number of aromatic nitrogens is 2. The molecule has 0 bridgehead atoms. The van der Waals surface area contributed by atoms with Crippen molar-refractivity contribution in [1.82, 2.24) is 9.55 Å². The largest absolute Gasteiger partial charge is 0.396 e. The highest BCUT2D eigenvalue weighted by atomic mass is 79.9. The SMILES string of the molecule is N=Cn1c(=N)nc(N2CCCc3c(Br)cccc32)c2cc(F)c(N)cc21. The van der Waals surface area contributed by atoms with Gasteiger partial charge in [0.2, 0.25) is 5.62 Å². The Morgan fingerprint density at radius 3 is 2.88 bits per heavy atom. The number of rotatable bonds is 2. The van der Waals surface area contributed by atoms with Gasteiger partial charge in [0.1, 0.15) is 11.6 Å². The molecular weight excluding hydrogens is 399 g/mol. The summed E-state index contributed by atoms with van der Waals surface area (Å²) >= 11 is 3.60. The summed E-state index contributed by atoms with van der Waals surface area (Å²) in [6.07, 6.45) is 2.84. The van der Waals surface area contributed by atoms with Gasteiger partial charge < -0.3 is 10.6 Å². The Bertz CT molecular complexity index is 1110. The monoisotopic (exact) mass is 414 g/mol. The molecular formula is C18H16BrFN6. The molecule has 4 N–H and O–H groups in total. The van der Waals surface area contributed by atoms with Crippen LogP contribution in [0.15, 0.2) is 34.8 Å². The minimum absolute atomic E-state index is 0.0218. The molecule has 1 aromatic heterocycles. The highest BCUT2D eigenvalue weighted by molar-refractivity contribution is 9.10. The second-order valence-corrected chi connectivity index (χ2v) is 7.00. The molecule has 0 saturated carbocycles. The fourth-order valence-corrected chi connectivity index (χ4v) is 3.98. The molecule has 0 aliphatic carbocycles. The maximum Gasteiger partial charge on any atom is 0.229 e. The Morgan fingerprint density at radius 2 is 2.12 bits per heavy atom. The fraction of sp³-hybridized carbons (Fsp3) is 0.167.